The van der Waals surface area contributed by atoms with Gasteiger partial charge in [0.05, 0.1) is 22.9 Å². The number of nitrogens with zero attached hydrogens (tertiary/aromatic N) is 1. The van der Waals surface area contributed by atoms with Crippen molar-refractivity contribution in [1.82, 2.24) is 0 Å². The van der Waals surface area contributed by atoms with Crippen LogP contribution in [0, 0.1) is 23.7 Å². The van der Waals surface area contributed by atoms with Crippen molar-refractivity contribution in [2.24, 2.45) is 5.73 Å². The molecule has 1 unspecified atom stereocenters. The van der Waals surface area contributed by atoms with Gasteiger partial charge in [-0.15, -0.1) is 12.3 Å². The maximum Gasteiger partial charge on any atom is 0.416 e. The summed E-state index contributed by atoms with van der Waals surface area (Å²) < 4.78 is 37.5. The standard InChI is InChI=1S/C13H10F3N3O/c1-2-3-10(18)12(20)19-11-5-4-9(13(14,15)16)6-8(11)7-17/h1,4-6,10H,3,18H2,(H,19,20). The predicted octanol–water partition coefficient (Wildman–Crippen LogP) is 1.87. The summed E-state index contributed by atoms with van der Waals surface area (Å²) in [5, 5.41) is 11.1. The number of nitrogens with two attached hydrogens (primary N) is 1. The number of halogens is 3. The van der Waals surface area contributed by atoms with Gasteiger partial charge >= 0.3 is 6.18 Å². The summed E-state index contributed by atoms with van der Waals surface area (Å²) in [4.78, 5) is 11.6. The van der Waals surface area contributed by atoms with Gasteiger partial charge in [0.15, 0.2) is 0 Å². The molecule has 1 rings (SSSR count). The van der Waals surface area contributed by atoms with Crippen LogP contribution in [0.2, 0.25) is 0 Å². The van der Waals surface area contributed by atoms with Crippen molar-refractivity contribution >= 4 is 11.6 Å². The molecule has 20 heavy (non-hydrogen) atoms. The molecule has 1 amide bonds. The molecule has 0 aliphatic heterocycles. The third-order valence-electron chi connectivity index (χ3n) is 2.40. The van der Waals surface area contributed by atoms with Crippen molar-refractivity contribution in [3.8, 4) is 18.4 Å². The number of terminal acetylenes is 1. The van der Waals surface area contributed by atoms with Crippen LogP contribution in [0.1, 0.15) is 17.5 Å². The molecule has 0 spiro atoms. The van der Waals surface area contributed by atoms with E-state index in [0.717, 1.165) is 12.1 Å². The second kappa shape index (κ2) is 6.09. The van der Waals surface area contributed by atoms with E-state index in [1.165, 1.54) is 0 Å². The van der Waals surface area contributed by atoms with Gasteiger partial charge in [-0.25, -0.2) is 0 Å². The molecule has 1 aromatic rings. The van der Waals surface area contributed by atoms with E-state index in [1.807, 2.05) is 0 Å². The quantitative estimate of drug-likeness (QED) is 0.830. The fourth-order valence-electron chi connectivity index (χ4n) is 1.37. The molecule has 0 heterocycles. The summed E-state index contributed by atoms with van der Waals surface area (Å²) in [6, 6.07) is 3.02. The number of amides is 1. The molecule has 0 saturated heterocycles. The van der Waals surface area contributed by atoms with E-state index < -0.39 is 23.7 Å². The first-order valence-electron chi connectivity index (χ1n) is 5.41. The SMILES string of the molecule is C#CCC(N)C(=O)Nc1ccc(C(F)(F)F)cc1C#N. The fraction of sp³-hybridized carbons (Fsp3) is 0.231. The summed E-state index contributed by atoms with van der Waals surface area (Å²) in [5.74, 6) is 1.52. The zero-order chi connectivity index (χ0) is 15.3. The Bertz CT molecular complexity index is 596. The van der Waals surface area contributed by atoms with Gasteiger partial charge in [-0.1, -0.05) is 0 Å². The average Bonchev–Trinajstić information content (AvgIpc) is 2.38. The van der Waals surface area contributed by atoms with Crippen LogP contribution >= 0.6 is 0 Å². The van der Waals surface area contributed by atoms with Gasteiger partial charge in [-0.3, -0.25) is 4.79 Å². The minimum Gasteiger partial charge on any atom is -0.324 e. The van der Waals surface area contributed by atoms with Crippen LogP contribution in [0.25, 0.3) is 0 Å². The van der Waals surface area contributed by atoms with E-state index in [0.29, 0.717) is 6.07 Å². The maximum atomic E-state index is 12.5. The molecule has 0 aliphatic rings. The lowest BCUT2D eigenvalue weighted by Gasteiger charge is -2.13. The van der Waals surface area contributed by atoms with Crippen molar-refractivity contribution in [1.29, 1.82) is 5.26 Å². The Hall–Kier alpha value is -2.51. The molecule has 3 N–H and O–H groups in total. The molecule has 0 radical (unpaired) electrons. The molecule has 0 aromatic heterocycles. The molecule has 7 heteroatoms. The van der Waals surface area contributed by atoms with Gasteiger partial charge in [-0.05, 0) is 18.2 Å². The number of nitrogens with one attached hydrogen (secondary N) is 1. The van der Waals surface area contributed by atoms with Gasteiger partial charge in [0.2, 0.25) is 5.91 Å². The smallest absolute Gasteiger partial charge is 0.324 e. The summed E-state index contributed by atoms with van der Waals surface area (Å²) in [7, 11) is 0. The number of nitriles is 1. The molecular weight excluding hydrogens is 271 g/mol. The van der Waals surface area contributed by atoms with Crippen LogP contribution in [0.5, 0.6) is 0 Å². The number of carbonyl (C=O) groups excluding carboxylic acids is 1. The summed E-state index contributed by atoms with van der Waals surface area (Å²) >= 11 is 0. The number of anilines is 1. The molecule has 1 aromatic carbocycles. The highest BCUT2D eigenvalue weighted by molar-refractivity contribution is 5.96. The normalized spacial score (nSPS) is 12.1. The van der Waals surface area contributed by atoms with E-state index >= 15 is 0 Å². The second-order valence-corrected chi connectivity index (χ2v) is 3.87. The van der Waals surface area contributed by atoms with Crippen LogP contribution in [-0.4, -0.2) is 11.9 Å². The largest absolute Gasteiger partial charge is 0.416 e. The van der Waals surface area contributed by atoms with Crippen molar-refractivity contribution in [2.45, 2.75) is 18.6 Å². The van der Waals surface area contributed by atoms with E-state index in [1.54, 1.807) is 6.07 Å². The first kappa shape index (κ1) is 15.5. The van der Waals surface area contributed by atoms with Crippen molar-refractivity contribution in [3.05, 3.63) is 29.3 Å². The highest BCUT2D eigenvalue weighted by atomic mass is 19.4. The monoisotopic (exact) mass is 281 g/mol. The summed E-state index contributed by atoms with van der Waals surface area (Å²) in [5.41, 5.74) is 4.13. The van der Waals surface area contributed by atoms with Gasteiger partial charge in [0.25, 0.3) is 0 Å². The molecule has 1 atom stereocenters. The van der Waals surface area contributed by atoms with Crippen LogP contribution in [-0.2, 0) is 11.0 Å². The summed E-state index contributed by atoms with van der Waals surface area (Å²) in [6.07, 6.45) is 0.416. The Balaban J connectivity index is 3.01. The molecule has 0 fully saturated rings. The lowest BCUT2D eigenvalue weighted by atomic mass is 10.1. The molecule has 0 bridgehead atoms. The van der Waals surface area contributed by atoms with Gasteiger partial charge in [0.1, 0.15) is 6.07 Å². The van der Waals surface area contributed by atoms with Crippen molar-refractivity contribution in [2.75, 3.05) is 5.32 Å². The Labute approximate surface area is 113 Å². The lowest BCUT2D eigenvalue weighted by Crippen LogP contribution is -2.35. The molecule has 0 saturated carbocycles. The van der Waals surface area contributed by atoms with Gasteiger partial charge in [-0.2, -0.15) is 18.4 Å². The van der Waals surface area contributed by atoms with Crippen LogP contribution in [0.4, 0.5) is 18.9 Å². The highest BCUT2D eigenvalue weighted by Gasteiger charge is 2.31. The number of alkyl halides is 3. The first-order valence-corrected chi connectivity index (χ1v) is 5.41. The molecule has 104 valence electrons. The number of rotatable bonds is 3. The molecular formula is C13H10F3N3O. The van der Waals surface area contributed by atoms with E-state index in [2.05, 4.69) is 11.2 Å². The van der Waals surface area contributed by atoms with Gasteiger partial charge < -0.3 is 11.1 Å². The van der Waals surface area contributed by atoms with Crippen LogP contribution in [0.15, 0.2) is 18.2 Å². The zero-order valence-corrected chi connectivity index (χ0v) is 10.2. The number of hydrogen-bond donors (Lipinski definition) is 2. The second-order valence-electron chi connectivity index (χ2n) is 3.87. The topological polar surface area (TPSA) is 78.9 Å². The van der Waals surface area contributed by atoms with Crippen molar-refractivity contribution in [3.63, 3.8) is 0 Å². The highest BCUT2D eigenvalue weighted by Crippen LogP contribution is 2.31. The minimum absolute atomic E-state index is 0.0195. The van der Waals surface area contributed by atoms with Gasteiger partial charge in [0, 0.05) is 6.42 Å². The predicted molar refractivity (Wildman–Crippen MR) is 66.2 cm³/mol. The third kappa shape index (κ3) is 3.74. The number of hydrogen-bond acceptors (Lipinski definition) is 3. The average molecular weight is 281 g/mol. The van der Waals surface area contributed by atoms with Crippen LogP contribution in [0.3, 0.4) is 0 Å². The molecule has 4 nitrogen and oxygen atoms in total. The Morgan fingerprint density at radius 1 is 1.50 bits per heavy atom. The van der Waals surface area contributed by atoms with E-state index in [-0.39, 0.29) is 17.7 Å². The Kier molecular flexibility index (Phi) is 4.73. The minimum atomic E-state index is -4.56. The van der Waals surface area contributed by atoms with Crippen molar-refractivity contribution < 1.29 is 18.0 Å². The third-order valence-corrected chi connectivity index (χ3v) is 2.40. The fourth-order valence-corrected chi connectivity index (χ4v) is 1.37. The van der Waals surface area contributed by atoms with E-state index in [4.69, 9.17) is 17.4 Å². The first-order chi connectivity index (χ1) is 9.29. The lowest BCUT2D eigenvalue weighted by molar-refractivity contribution is -0.137. The molecule has 0 aliphatic carbocycles. The van der Waals surface area contributed by atoms with E-state index in [9.17, 15) is 18.0 Å². The Morgan fingerprint density at radius 3 is 2.65 bits per heavy atom. The summed E-state index contributed by atoms with van der Waals surface area (Å²) in [6.45, 7) is 0. The number of carbonyl (C=O) groups is 1. The zero-order valence-electron chi connectivity index (χ0n) is 10.2. The maximum absolute atomic E-state index is 12.5. The Morgan fingerprint density at radius 2 is 2.15 bits per heavy atom. The number of benzene rings is 1. The van der Waals surface area contributed by atoms with Crippen LogP contribution < -0.4 is 11.1 Å².